The predicted molar refractivity (Wildman–Crippen MR) is 129 cm³/mol. The summed E-state index contributed by atoms with van der Waals surface area (Å²) in [5, 5.41) is 0.350. The lowest BCUT2D eigenvalue weighted by Gasteiger charge is -2.34. The third-order valence-corrected chi connectivity index (χ3v) is 6.28. The van der Waals surface area contributed by atoms with Gasteiger partial charge in [0.15, 0.2) is 5.76 Å². The number of aryl methyl sites for hydroxylation is 1. The molecule has 178 valence electrons. The topological polar surface area (TPSA) is 109 Å². The summed E-state index contributed by atoms with van der Waals surface area (Å²) in [4.78, 5) is 57.1. The molecule has 4 aromatic rings. The summed E-state index contributed by atoms with van der Waals surface area (Å²) in [7, 11) is 0. The minimum Gasteiger partial charge on any atom is -0.459 e. The fourth-order valence-electron chi connectivity index (χ4n) is 4.33. The number of piperazine rings is 1. The van der Waals surface area contributed by atoms with Crippen LogP contribution in [0.2, 0.25) is 0 Å². The van der Waals surface area contributed by atoms with Crippen molar-refractivity contribution in [2.24, 2.45) is 0 Å². The van der Waals surface area contributed by atoms with E-state index in [0.29, 0.717) is 49.1 Å². The number of nitrogens with one attached hydrogen (secondary N) is 1. The third kappa shape index (κ3) is 4.52. The maximum Gasteiger partial charge on any atom is 0.328 e. The van der Waals surface area contributed by atoms with Crippen molar-refractivity contribution in [1.29, 1.82) is 0 Å². The van der Waals surface area contributed by atoms with E-state index in [1.165, 1.54) is 10.8 Å². The van der Waals surface area contributed by atoms with E-state index in [1.54, 1.807) is 40.1 Å². The van der Waals surface area contributed by atoms with Gasteiger partial charge in [0.05, 0.1) is 17.2 Å². The van der Waals surface area contributed by atoms with Gasteiger partial charge < -0.3 is 19.2 Å². The lowest BCUT2D eigenvalue weighted by molar-refractivity contribution is 0.0518. The van der Waals surface area contributed by atoms with Crippen LogP contribution in [0.1, 0.15) is 26.5 Å². The van der Waals surface area contributed by atoms with Crippen LogP contribution in [-0.4, -0.2) is 57.3 Å². The Kier molecular flexibility index (Phi) is 6.05. The molecular formula is C26H24N4O5. The molecule has 1 fully saturated rings. The summed E-state index contributed by atoms with van der Waals surface area (Å²) in [6.07, 6.45) is 2.01. The van der Waals surface area contributed by atoms with Crippen LogP contribution < -0.4 is 11.2 Å². The highest BCUT2D eigenvalue weighted by molar-refractivity contribution is 5.98. The van der Waals surface area contributed by atoms with Crippen molar-refractivity contribution in [2.45, 2.75) is 13.0 Å². The number of aromatic amines is 1. The van der Waals surface area contributed by atoms with Crippen LogP contribution in [0, 0.1) is 0 Å². The summed E-state index contributed by atoms with van der Waals surface area (Å²) in [6.45, 7) is 1.79. The Balaban J connectivity index is 1.30. The Bertz CT molecular complexity index is 1480. The fraction of sp³-hybridized carbons (Fsp3) is 0.231. The molecule has 0 unspecified atom stereocenters. The van der Waals surface area contributed by atoms with Crippen LogP contribution in [0.15, 0.2) is 80.9 Å². The number of benzene rings is 2. The van der Waals surface area contributed by atoms with Crippen molar-refractivity contribution in [3.05, 3.63) is 105 Å². The second-order valence-electron chi connectivity index (χ2n) is 8.44. The summed E-state index contributed by atoms with van der Waals surface area (Å²) in [5.74, 6) is -0.141. The van der Waals surface area contributed by atoms with Crippen molar-refractivity contribution in [2.75, 3.05) is 26.2 Å². The van der Waals surface area contributed by atoms with Crippen molar-refractivity contribution < 1.29 is 14.0 Å². The Labute approximate surface area is 200 Å². The minimum atomic E-state index is -0.506. The van der Waals surface area contributed by atoms with E-state index < -0.39 is 5.69 Å². The number of H-pyrrole nitrogens is 1. The Morgan fingerprint density at radius 3 is 2.26 bits per heavy atom. The molecule has 9 heteroatoms. The molecule has 0 saturated carbocycles. The van der Waals surface area contributed by atoms with Crippen LogP contribution in [0.3, 0.4) is 0 Å². The molecule has 0 atom stereocenters. The van der Waals surface area contributed by atoms with Crippen molar-refractivity contribution in [3.63, 3.8) is 0 Å². The minimum absolute atomic E-state index is 0.200. The predicted octanol–water partition coefficient (Wildman–Crippen LogP) is 2.12. The first kappa shape index (κ1) is 22.4. The Hall–Kier alpha value is -4.40. The highest BCUT2D eigenvalue weighted by atomic mass is 16.3. The van der Waals surface area contributed by atoms with E-state index >= 15 is 0 Å². The molecule has 3 heterocycles. The monoisotopic (exact) mass is 472 g/mol. The van der Waals surface area contributed by atoms with Gasteiger partial charge in [-0.3, -0.25) is 19.0 Å². The number of fused-ring (bicyclic) bond motifs is 1. The lowest BCUT2D eigenvalue weighted by Crippen LogP contribution is -2.50. The zero-order valence-electron chi connectivity index (χ0n) is 19.0. The first-order valence-corrected chi connectivity index (χ1v) is 11.4. The molecule has 2 amide bonds. The Morgan fingerprint density at radius 1 is 0.857 bits per heavy atom. The van der Waals surface area contributed by atoms with E-state index in [9.17, 15) is 19.2 Å². The number of rotatable bonds is 5. The second-order valence-corrected chi connectivity index (χ2v) is 8.44. The smallest absolute Gasteiger partial charge is 0.328 e. The number of hydrogen-bond donors (Lipinski definition) is 1. The van der Waals surface area contributed by atoms with E-state index in [4.69, 9.17) is 4.42 Å². The lowest BCUT2D eigenvalue weighted by atomic mass is 10.1. The summed E-state index contributed by atoms with van der Waals surface area (Å²) < 4.78 is 6.36. The molecule has 0 bridgehead atoms. The zero-order valence-corrected chi connectivity index (χ0v) is 19.0. The van der Waals surface area contributed by atoms with E-state index in [-0.39, 0.29) is 29.7 Å². The molecule has 1 aliphatic heterocycles. The van der Waals surface area contributed by atoms with E-state index in [1.807, 2.05) is 30.3 Å². The Morgan fingerprint density at radius 2 is 1.57 bits per heavy atom. The molecule has 1 N–H and O–H groups in total. The average molecular weight is 473 g/mol. The van der Waals surface area contributed by atoms with Crippen molar-refractivity contribution in [3.8, 4) is 0 Å². The number of furan rings is 1. The van der Waals surface area contributed by atoms with E-state index in [0.717, 1.165) is 5.56 Å². The largest absolute Gasteiger partial charge is 0.459 e. The van der Waals surface area contributed by atoms with Crippen LogP contribution in [0.5, 0.6) is 0 Å². The van der Waals surface area contributed by atoms with Crippen molar-refractivity contribution >= 4 is 22.7 Å². The second kappa shape index (κ2) is 9.46. The maximum absolute atomic E-state index is 13.1. The number of amides is 2. The number of nitrogens with zero attached hydrogens (tertiary/aromatic N) is 3. The maximum atomic E-state index is 13.1. The number of hydrogen-bond acceptors (Lipinski definition) is 5. The molecular weight excluding hydrogens is 448 g/mol. The number of aromatic nitrogens is 2. The van der Waals surface area contributed by atoms with Crippen LogP contribution >= 0.6 is 0 Å². The normalized spacial score (nSPS) is 13.8. The van der Waals surface area contributed by atoms with Gasteiger partial charge >= 0.3 is 5.69 Å². The fourth-order valence-corrected chi connectivity index (χ4v) is 4.33. The van der Waals surface area contributed by atoms with Crippen LogP contribution in [0.25, 0.3) is 10.9 Å². The van der Waals surface area contributed by atoms with Gasteiger partial charge in [0, 0.05) is 38.3 Å². The van der Waals surface area contributed by atoms with Gasteiger partial charge in [-0.1, -0.05) is 30.3 Å². The zero-order chi connectivity index (χ0) is 24.4. The van der Waals surface area contributed by atoms with Crippen LogP contribution in [-0.2, 0) is 13.0 Å². The van der Waals surface area contributed by atoms with Gasteiger partial charge in [-0.25, -0.2) is 4.79 Å². The van der Waals surface area contributed by atoms with Gasteiger partial charge in [-0.15, -0.1) is 0 Å². The third-order valence-electron chi connectivity index (χ3n) is 6.28. The highest BCUT2D eigenvalue weighted by Gasteiger charge is 2.27. The van der Waals surface area contributed by atoms with E-state index in [2.05, 4.69) is 4.98 Å². The first-order chi connectivity index (χ1) is 17.0. The molecule has 1 saturated heterocycles. The first-order valence-electron chi connectivity index (χ1n) is 11.4. The standard InChI is InChI=1S/C26H24N4O5/c31-23(28-12-14-29(15-13-28)25(33)22-7-4-16-35-22)19-8-9-20-21(17-19)27-26(34)30(24(20)32)11-10-18-5-2-1-3-6-18/h1-9,16-17H,10-15H2,(H,27,34). The summed E-state index contributed by atoms with van der Waals surface area (Å²) in [6, 6.07) is 17.6. The van der Waals surface area contributed by atoms with Gasteiger partial charge in [0.25, 0.3) is 17.4 Å². The van der Waals surface area contributed by atoms with Gasteiger partial charge in [-0.05, 0) is 42.3 Å². The molecule has 9 nitrogen and oxygen atoms in total. The summed E-state index contributed by atoms with van der Waals surface area (Å²) in [5.41, 5.74) is 0.844. The van der Waals surface area contributed by atoms with Gasteiger partial charge in [-0.2, -0.15) is 0 Å². The molecule has 0 radical (unpaired) electrons. The van der Waals surface area contributed by atoms with Crippen molar-refractivity contribution in [1.82, 2.24) is 19.4 Å². The SMILES string of the molecule is O=C(c1ccc2c(=O)n(CCc3ccccc3)c(=O)[nH]c2c1)N1CCN(C(=O)c2ccco2)CC1. The molecule has 2 aromatic carbocycles. The molecule has 0 spiro atoms. The number of carbonyl (C=O) groups is 2. The average Bonchev–Trinajstić information content (AvgIpc) is 3.43. The highest BCUT2D eigenvalue weighted by Crippen LogP contribution is 2.15. The van der Waals surface area contributed by atoms with Crippen LogP contribution in [0.4, 0.5) is 0 Å². The molecule has 5 rings (SSSR count). The van der Waals surface area contributed by atoms with Gasteiger partial charge in [0.1, 0.15) is 0 Å². The quantitative estimate of drug-likeness (QED) is 0.479. The number of carbonyl (C=O) groups excluding carboxylic acids is 2. The molecule has 0 aliphatic carbocycles. The molecule has 35 heavy (non-hydrogen) atoms. The van der Waals surface area contributed by atoms with Gasteiger partial charge in [0.2, 0.25) is 0 Å². The summed E-state index contributed by atoms with van der Waals surface area (Å²) >= 11 is 0. The molecule has 1 aliphatic rings. The molecule has 2 aromatic heterocycles.